The number of carbonyl (C=O) groups is 1. The summed E-state index contributed by atoms with van der Waals surface area (Å²) in [5.74, 6) is -1.44. The van der Waals surface area contributed by atoms with Crippen LogP contribution in [0, 0.1) is 11.6 Å². The zero-order valence-electron chi connectivity index (χ0n) is 13.1. The minimum absolute atomic E-state index is 0.0257. The monoisotopic (exact) mass is 363 g/mol. The van der Waals surface area contributed by atoms with Gasteiger partial charge in [-0.25, -0.2) is 17.2 Å². The largest absolute Gasteiger partial charge is 0.304 e. The SMILES string of the molecule is O=C(Cc1ccc(F)cc1)N(c1ccc(F)cc1)[C@H]1C=CS(=O)(=O)C1. The van der Waals surface area contributed by atoms with Crippen LogP contribution in [-0.2, 0) is 21.1 Å². The molecule has 0 saturated heterocycles. The molecule has 3 rings (SSSR count). The van der Waals surface area contributed by atoms with Crippen LogP contribution in [0.15, 0.2) is 60.0 Å². The smallest absolute Gasteiger partial charge is 0.231 e. The van der Waals surface area contributed by atoms with Gasteiger partial charge in [-0.05, 0) is 48.0 Å². The highest BCUT2D eigenvalue weighted by molar-refractivity contribution is 7.94. The number of halogens is 2. The maximum atomic E-state index is 13.2. The van der Waals surface area contributed by atoms with E-state index in [9.17, 15) is 22.0 Å². The molecule has 0 unspecified atom stereocenters. The molecule has 4 nitrogen and oxygen atoms in total. The molecule has 7 heteroatoms. The quantitative estimate of drug-likeness (QED) is 0.839. The highest BCUT2D eigenvalue weighted by Gasteiger charge is 2.31. The highest BCUT2D eigenvalue weighted by Crippen LogP contribution is 2.24. The number of rotatable bonds is 4. The van der Waals surface area contributed by atoms with Crippen molar-refractivity contribution in [1.82, 2.24) is 0 Å². The lowest BCUT2D eigenvalue weighted by molar-refractivity contribution is -0.118. The number of sulfone groups is 1. The van der Waals surface area contributed by atoms with Gasteiger partial charge in [0.25, 0.3) is 0 Å². The molecule has 2 aromatic rings. The molecule has 0 fully saturated rings. The van der Waals surface area contributed by atoms with Gasteiger partial charge in [-0.2, -0.15) is 0 Å². The van der Waals surface area contributed by atoms with E-state index in [0.717, 1.165) is 5.41 Å². The van der Waals surface area contributed by atoms with Crippen LogP contribution in [0.1, 0.15) is 5.56 Å². The summed E-state index contributed by atoms with van der Waals surface area (Å²) in [6, 6.07) is 10.1. The minimum atomic E-state index is -3.37. The third kappa shape index (κ3) is 4.11. The van der Waals surface area contributed by atoms with Crippen LogP contribution in [0.5, 0.6) is 0 Å². The summed E-state index contributed by atoms with van der Waals surface area (Å²) in [5.41, 5.74) is 1.00. The number of amides is 1. The van der Waals surface area contributed by atoms with Crippen LogP contribution in [0.4, 0.5) is 14.5 Å². The normalized spacial score (nSPS) is 18.2. The van der Waals surface area contributed by atoms with E-state index in [2.05, 4.69) is 0 Å². The first-order chi connectivity index (χ1) is 11.8. The second kappa shape index (κ2) is 6.76. The molecule has 0 bridgehead atoms. The number of benzene rings is 2. The third-order valence-corrected chi connectivity index (χ3v) is 5.26. The van der Waals surface area contributed by atoms with Gasteiger partial charge in [0.2, 0.25) is 5.91 Å². The molecule has 2 aromatic carbocycles. The fourth-order valence-corrected chi connectivity index (χ4v) is 3.97. The molecule has 1 atom stereocenters. The number of carbonyl (C=O) groups excluding carboxylic acids is 1. The van der Waals surface area contributed by atoms with E-state index < -0.39 is 27.5 Å². The molecule has 1 amide bonds. The lowest BCUT2D eigenvalue weighted by Gasteiger charge is -2.28. The number of hydrogen-bond donors (Lipinski definition) is 0. The van der Waals surface area contributed by atoms with Crippen molar-refractivity contribution in [2.24, 2.45) is 0 Å². The van der Waals surface area contributed by atoms with Crippen LogP contribution >= 0.6 is 0 Å². The van der Waals surface area contributed by atoms with Gasteiger partial charge in [-0.1, -0.05) is 12.1 Å². The molecule has 0 aliphatic carbocycles. The van der Waals surface area contributed by atoms with Crippen LogP contribution in [0.25, 0.3) is 0 Å². The highest BCUT2D eigenvalue weighted by atomic mass is 32.2. The second-order valence-electron chi connectivity index (χ2n) is 5.77. The van der Waals surface area contributed by atoms with Crippen LogP contribution in [-0.4, -0.2) is 26.1 Å². The summed E-state index contributed by atoms with van der Waals surface area (Å²) < 4.78 is 49.6. The van der Waals surface area contributed by atoms with Gasteiger partial charge in [0.05, 0.1) is 18.2 Å². The molecule has 0 spiro atoms. The molecule has 0 saturated carbocycles. The summed E-state index contributed by atoms with van der Waals surface area (Å²) in [6.45, 7) is 0. The van der Waals surface area contributed by atoms with Crippen LogP contribution in [0.3, 0.4) is 0 Å². The Morgan fingerprint density at radius 2 is 1.56 bits per heavy atom. The standard InChI is InChI=1S/C18H15F2NO3S/c19-14-3-1-13(2-4-14)11-18(22)21(16-7-5-15(20)6-8-16)17-9-10-25(23,24)12-17/h1-10,17H,11-12H2/t17-/m0/s1. The Hall–Kier alpha value is -2.54. The van der Waals surface area contributed by atoms with E-state index in [1.165, 1.54) is 59.5 Å². The average Bonchev–Trinajstić information content (AvgIpc) is 2.91. The molecule has 1 heterocycles. The predicted octanol–water partition coefficient (Wildman–Crippen LogP) is 2.85. The van der Waals surface area contributed by atoms with Gasteiger partial charge in [0.15, 0.2) is 9.84 Å². The van der Waals surface area contributed by atoms with Gasteiger partial charge >= 0.3 is 0 Å². The fraction of sp³-hybridized carbons (Fsp3) is 0.167. The van der Waals surface area contributed by atoms with Crippen molar-refractivity contribution in [3.05, 3.63) is 77.2 Å². The Balaban J connectivity index is 1.90. The maximum Gasteiger partial charge on any atom is 0.231 e. The van der Waals surface area contributed by atoms with Gasteiger partial charge in [-0.15, -0.1) is 0 Å². The van der Waals surface area contributed by atoms with Crippen molar-refractivity contribution in [2.45, 2.75) is 12.5 Å². The van der Waals surface area contributed by atoms with Crippen molar-refractivity contribution in [2.75, 3.05) is 10.7 Å². The Labute approximate surface area is 144 Å². The first-order valence-corrected chi connectivity index (χ1v) is 9.29. The summed E-state index contributed by atoms with van der Waals surface area (Å²) in [7, 11) is -3.37. The molecule has 1 aliphatic heterocycles. The Kier molecular flexibility index (Phi) is 4.67. The summed E-state index contributed by atoms with van der Waals surface area (Å²) in [5, 5.41) is 1.08. The molecule has 0 radical (unpaired) electrons. The molecule has 1 aliphatic rings. The third-order valence-electron chi connectivity index (χ3n) is 3.88. The topological polar surface area (TPSA) is 54.5 Å². The summed E-state index contributed by atoms with van der Waals surface area (Å²) >= 11 is 0. The number of nitrogens with zero attached hydrogens (tertiary/aromatic N) is 1. The zero-order valence-corrected chi connectivity index (χ0v) is 13.9. The van der Waals surface area contributed by atoms with Gasteiger partial charge in [-0.3, -0.25) is 4.79 Å². The van der Waals surface area contributed by atoms with Crippen molar-refractivity contribution >= 4 is 21.4 Å². The number of anilines is 1. The predicted molar refractivity (Wildman–Crippen MR) is 90.7 cm³/mol. The van der Waals surface area contributed by atoms with Crippen LogP contribution in [0.2, 0.25) is 0 Å². The number of hydrogen-bond acceptors (Lipinski definition) is 3. The first kappa shape index (κ1) is 17.3. The van der Waals surface area contributed by atoms with E-state index in [-0.39, 0.29) is 18.1 Å². The van der Waals surface area contributed by atoms with Crippen molar-refractivity contribution < 1.29 is 22.0 Å². The lowest BCUT2D eigenvalue weighted by Crippen LogP contribution is -2.42. The molecular formula is C18H15F2NO3S. The summed E-state index contributed by atoms with van der Waals surface area (Å²) in [4.78, 5) is 14.1. The van der Waals surface area contributed by atoms with Gasteiger partial charge in [0.1, 0.15) is 11.6 Å². The van der Waals surface area contributed by atoms with Gasteiger partial charge in [0, 0.05) is 11.1 Å². The first-order valence-electron chi connectivity index (χ1n) is 7.57. The van der Waals surface area contributed by atoms with Crippen molar-refractivity contribution in [3.63, 3.8) is 0 Å². The minimum Gasteiger partial charge on any atom is -0.304 e. The second-order valence-corrected chi connectivity index (χ2v) is 7.70. The molecule has 25 heavy (non-hydrogen) atoms. The molecule has 0 aromatic heterocycles. The maximum absolute atomic E-state index is 13.2. The fourth-order valence-electron chi connectivity index (χ4n) is 2.70. The van der Waals surface area contributed by atoms with Crippen LogP contribution < -0.4 is 4.90 Å². The Bertz CT molecular complexity index is 906. The average molecular weight is 363 g/mol. The van der Waals surface area contributed by atoms with E-state index in [0.29, 0.717) is 11.3 Å². The molecule has 0 N–H and O–H groups in total. The van der Waals surface area contributed by atoms with E-state index in [4.69, 9.17) is 0 Å². The Morgan fingerprint density at radius 3 is 2.08 bits per heavy atom. The Morgan fingerprint density at radius 1 is 1.00 bits per heavy atom. The molecule has 130 valence electrons. The zero-order chi connectivity index (χ0) is 18.0. The van der Waals surface area contributed by atoms with E-state index >= 15 is 0 Å². The van der Waals surface area contributed by atoms with E-state index in [1.54, 1.807) is 0 Å². The van der Waals surface area contributed by atoms with Crippen molar-refractivity contribution in [3.8, 4) is 0 Å². The van der Waals surface area contributed by atoms with Crippen molar-refractivity contribution in [1.29, 1.82) is 0 Å². The lowest BCUT2D eigenvalue weighted by atomic mass is 10.1. The summed E-state index contributed by atoms with van der Waals surface area (Å²) in [6.07, 6.45) is 1.42. The van der Waals surface area contributed by atoms with E-state index in [1.807, 2.05) is 0 Å². The molecular weight excluding hydrogens is 348 g/mol. The van der Waals surface area contributed by atoms with Gasteiger partial charge < -0.3 is 4.90 Å².